The Labute approximate surface area is 377 Å². The van der Waals surface area contributed by atoms with Crippen molar-refractivity contribution in [1.82, 2.24) is 0 Å². The van der Waals surface area contributed by atoms with Crippen molar-refractivity contribution >= 4 is 17.1 Å². The van der Waals surface area contributed by atoms with Crippen molar-refractivity contribution in [2.45, 2.75) is 19.3 Å². The van der Waals surface area contributed by atoms with Crippen LogP contribution in [0.15, 0.2) is 249 Å². The summed E-state index contributed by atoms with van der Waals surface area (Å²) in [5.74, 6) is 0. The molecule has 0 aliphatic heterocycles. The Morgan fingerprint density at radius 3 is 1.30 bits per heavy atom. The van der Waals surface area contributed by atoms with E-state index >= 15 is 0 Å². The fourth-order valence-corrected chi connectivity index (χ4v) is 9.89. The van der Waals surface area contributed by atoms with E-state index in [1.54, 1.807) is 0 Å². The van der Waals surface area contributed by atoms with Crippen molar-refractivity contribution in [1.29, 1.82) is 0 Å². The van der Waals surface area contributed by atoms with E-state index in [9.17, 15) is 0 Å². The number of benzene rings is 10. The van der Waals surface area contributed by atoms with Gasteiger partial charge in [-0.25, -0.2) is 0 Å². The van der Waals surface area contributed by atoms with Gasteiger partial charge in [0.15, 0.2) is 0 Å². The van der Waals surface area contributed by atoms with Crippen LogP contribution >= 0.6 is 0 Å². The Balaban J connectivity index is 1.06. The third kappa shape index (κ3) is 7.02. The van der Waals surface area contributed by atoms with Crippen LogP contribution in [0.4, 0.5) is 17.1 Å². The predicted molar refractivity (Wildman–Crippen MR) is 271 cm³/mol. The fraction of sp³-hybridized carbons (Fsp3) is 0.0476. The molecular weight excluding hydrogens is 771 g/mol. The molecule has 10 aromatic rings. The van der Waals surface area contributed by atoms with E-state index in [-0.39, 0.29) is 5.41 Å². The molecule has 0 aromatic heterocycles. The minimum atomic E-state index is -0.135. The molecule has 0 saturated heterocycles. The molecule has 1 heteroatoms. The van der Waals surface area contributed by atoms with Gasteiger partial charge in [-0.15, -0.1) is 0 Å². The lowest BCUT2D eigenvalue weighted by atomic mass is 9.82. The SMILES string of the molecule is CC1(C)c2ccccc2-c2ccc(N(c3ccc(-c4ccc(-c5ccccc5)cc4)cc3)c3cccc(-c4cccc(-c5ccccc5)c4-c4ccccc4-c4ccccc4)c3)cc21. The standard InChI is InChI=1S/C63H47N/c1-63(2)60-31-15-14-27-57(60)58-41-40-53(43-61(58)63)64(51-38-36-47(37-39-51)46-34-32-45(33-35-46)44-18-6-3-7-19-44)52-25-16-24-50(42-52)56-30-17-29-55(49-22-10-5-11-23-49)62(56)59-28-13-12-26-54(59)48-20-8-4-9-21-48/h3-43H,1-2H3. The first-order valence-corrected chi connectivity index (χ1v) is 22.3. The second-order valence-corrected chi connectivity index (χ2v) is 17.3. The molecule has 64 heavy (non-hydrogen) atoms. The second kappa shape index (κ2) is 16.4. The smallest absolute Gasteiger partial charge is 0.0467 e. The zero-order valence-electron chi connectivity index (χ0n) is 36.1. The zero-order chi connectivity index (χ0) is 43.0. The first-order chi connectivity index (χ1) is 31.5. The van der Waals surface area contributed by atoms with Crippen LogP contribution in [-0.4, -0.2) is 0 Å². The molecule has 1 nitrogen and oxygen atoms in total. The lowest BCUT2D eigenvalue weighted by Crippen LogP contribution is -2.16. The van der Waals surface area contributed by atoms with Gasteiger partial charge in [-0.2, -0.15) is 0 Å². The third-order valence-electron chi connectivity index (χ3n) is 13.1. The van der Waals surface area contributed by atoms with Gasteiger partial charge in [-0.05, 0) is 125 Å². The van der Waals surface area contributed by atoms with Crippen LogP contribution in [0.5, 0.6) is 0 Å². The largest absolute Gasteiger partial charge is 0.310 e. The van der Waals surface area contributed by atoms with Crippen LogP contribution in [0, 0.1) is 0 Å². The van der Waals surface area contributed by atoms with E-state index < -0.39 is 0 Å². The summed E-state index contributed by atoms with van der Waals surface area (Å²) >= 11 is 0. The molecular formula is C63H47N. The average molecular weight is 818 g/mol. The maximum absolute atomic E-state index is 2.43. The molecule has 0 fully saturated rings. The van der Waals surface area contributed by atoms with Crippen LogP contribution in [0.3, 0.4) is 0 Å². The highest BCUT2D eigenvalue weighted by Gasteiger charge is 2.35. The highest BCUT2D eigenvalue weighted by atomic mass is 15.1. The zero-order valence-corrected chi connectivity index (χ0v) is 36.1. The van der Waals surface area contributed by atoms with Gasteiger partial charge in [0.1, 0.15) is 0 Å². The molecule has 0 atom stereocenters. The van der Waals surface area contributed by atoms with E-state index in [2.05, 4.69) is 267 Å². The van der Waals surface area contributed by atoms with Gasteiger partial charge in [-0.1, -0.05) is 226 Å². The monoisotopic (exact) mass is 817 g/mol. The molecule has 0 radical (unpaired) electrons. The molecule has 10 aromatic carbocycles. The number of rotatable bonds is 9. The molecule has 0 amide bonds. The Morgan fingerprint density at radius 2 is 0.656 bits per heavy atom. The Morgan fingerprint density at radius 1 is 0.250 bits per heavy atom. The van der Waals surface area contributed by atoms with Crippen molar-refractivity contribution in [2.24, 2.45) is 0 Å². The van der Waals surface area contributed by atoms with Crippen molar-refractivity contribution in [3.8, 4) is 77.9 Å². The molecule has 0 spiro atoms. The van der Waals surface area contributed by atoms with Crippen LogP contribution in [0.25, 0.3) is 77.9 Å². The topological polar surface area (TPSA) is 3.24 Å². The maximum Gasteiger partial charge on any atom is 0.0467 e. The lowest BCUT2D eigenvalue weighted by Gasteiger charge is -2.29. The lowest BCUT2D eigenvalue weighted by molar-refractivity contribution is 0.660. The van der Waals surface area contributed by atoms with E-state index in [0.29, 0.717) is 0 Å². The third-order valence-corrected chi connectivity index (χ3v) is 13.1. The molecule has 1 aliphatic carbocycles. The average Bonchev–Trinajstić information content (AvgIpc) is 3.60. The number of anilines is 3. The summed E-state index contributed by atoms with van der Waals surface area (Å²) in [6, 6.07) is 90.8. The summed E-state index contributed by atoms with van der Waals surface area (Å²) in [5.41, 5.74) is 22.9. The normalized spacial score (nSPS) is 12.3. The summed E-state index contributed by atoms with van der Waals surface area (Å²) in [6.45, 7) is 4.72. The van der Waals surface area contributed by atoms with Gasteiger partial charge in [0.2, 0.25) is 0 Å². The molecule has 0 saturated carbocycles. The summed E-state index contributed by atoms with van der Waals surface area (Å²) in [6.07, 6.45) is 0. The van der Waals surface area contributed by atoms with Crippen molar-refractivity contribution in [2.75, 3.05) is 4.90 Å². The van der Waals surface area contributed by atoms with Gasteiger partial charge < -0.3 is 4.90 Å². The van der Waals surface area contributed by atoms with Crippen molar-refractivity contribution in [3.63, 3.8) is 0 Å². The second-order valence-electron chi connectivity index (χ2n) is 17.3. The van der Waals surface area contributed by atoms with E-state index in [1.165, 1.54) is 83.5 Å². The maximum atomic E-state index is 2.43. The van der Waals surface area contributed by atoms with Gasteiger partial charge in [0.05, 0.1) is 0 Å². The summed E-state index contributed by atoms with van der Waals surface area (Å²) in [5, 5.41) is 0. The van der Waals surface area contributed by atoms with E-state index in [0.717, 1.165) is 22.6 Å². The first kappa shape index (κ1) is 38.9. The van der Waals surface area contributed by atoms with Gasteiger partial charge in [0, 0.05) is 22.5 Å². The van der Waals surface area contributed by atoms with Gasteiger partial charge in [0.25, 0.3) is 0 Å². The first-order valence-electron chi connectivity index (χ1n) is 22.3. The van der Waals surface area contributed by atoms with Crippen LogP contribution in [0.1, 0.15) is 25.0 Å². The molecule has 11 rings (SSSR count). The molecule has 304 valence electrons. The number of nitrogens with zero attached hydrogens (tertiary/aromatic N) is 1. The fourth-order valence-electron chi connectivity index (χ4n) is 9.89. The molecule has 0 heterocycles. The van der Waals surface area contributed by atoms with E-state index in [4.69, 9.17) is 0 Å². The Kier molecular flexibility index (Phi) is 9.94. The quantitative estimate of drug-likeness (QED) is 0.140. The molecule has 0 bridgehead atoms. The minimum Gasteiger partial charge on any atom is -0.310 e. The molecule has 1 aliphatic rings. The van der Waals surface area contributed by atoms with Crippen LogP contribution in [-0.2, 0) is 5.41 Å². The van der Waals surface area contributed by atoms with Crippen molar-refractivity contribution < 1.29 is 0 Å². The molecule has 0 N–H and O–H groups in total. The Bertz CT molecular complexity index is 3260. The minimum absolute atomic E-state index is 0.135. The molecule has 0 unspecified atom stereocenters. The van der Waals surface area contributed by atoms with Crippen LogP contribution in [0.2, 0.25) is 0 Å². The summed E-state index contributed by atoms with van der Waals surface area (Å²) in [4.78, 5) is 2.43. The highest BCUT2D eigenvalue weighted by molar-refractivity contribution is 6.00. The Hall–Kier alpha value is -8.00. The van der Waals surface area contributed by atoms with E-state index in [1.807, 2.05) is 0 Å². The highest BCUT2D eigenvalue weighted by Crippen LogP contribution is 2.51. The summed E-state index contributed by atoms with van der Waals surface area (Å²) < 4.78 is 0. The van der Waals surface area contributed by atoms with Gasteiger partial charge >= 0.3 is 0 Å². The summed E-state index contributed by atoms with van der Waals surface area (Å²) in [7, 11) is 0. The number of fused-ring (bicyclic) bond motifs is 3. The van der Waals surface area contributed by atoms with Crippen molar-refractivity contribution in [3.05, 3.63) is 260 Å². The van der Waals surface area contributed by atoms with Crippen LogP contribution < -0.4 is 4.90 Å². The number of hydrogen-bond donors (Lipinski definition) is 0. The van der Waals surface area contributed by atoms with Gasteiger partial charge in [-0.3, -0.25) is 0 Å². The predicted octanol–water partition coefficient (Wildman–Crippen LogP) is 17.5. The number of hydrogen-bond acceptors (Lipinski definition) is 1.